The van der Waals surface area contributed by atoms with Gasteiger partial charge in [0.05, 0.1) is 18.9 Å². The van der Waals surface area contributed by atoms with E-state index in [4.69, 9.17) is 0 Å². The first-order valence-corrected chi connectivity index (χ1v) is 20.1. The molecule has 7 rings (SSSR count). The molecule has 0 spiro atoms. The minimum absolute atomic E-state index is 0.0288. The smallest absolute Gasteiger partial charge is 0.227 e. The molecule has 3 aliphatic rings. The molecule has 2 aliphatic heterocycles. The number of hydrogen-bond donors (Lipinski definition) is 1. The zero-order valence-electron chi connectivity index (χ0n) is 32.3. The molecule has 1 saturated carbocycles. The molecule has 286 valence electrons. The number of amides is 1. The van der Waals surface area contributed by atoms with E-state index in [0.717, 1.165) is 69.0 Å². The minimum atomic E-state index is -0.491. The number of nitrogens with zero attached hydrogens (tertiary/aromatic N) is 4. The lowest BCUT2D eigenvalue weighted by atomic mass is 9.88. The summed E-state index contributed by atoms with van der Waals surface area (Å²) >= 11 is 0. The van der Waals surface area contributed by atoms with E-state index < -0.39 is 6.04 Å². The van der Waals surface area contributed by atoms with E-state index in [2.05, 4.69) is 88.4 Å². The van der Waals surface area contributed by atoms with Crippen LogP contribution >= 0.6 is 0 Å². The summed E-state index contributed by atoms with van der Waals surface area (Å²) in [5, 5.41) is 10.0. The van der Waals surface area contributed by atoms with Crippen LogP contribution in [0.4, 0.5) is 11.4 Å². The lowest BCUT2D eigenvalue weighted by Gasteiger charge is -2.40. The number of aromatic hydroxyl groups is 1. The number of benzene rings is 4. The Morgan fingerprint density at radius 2 is 1.38 bits per heavy atom. The van der Waals surface area contributed by atoms with Gasteiger partial charge in [-0.15, -0.1) is 0 Å². The first-order chi connectivity index (χ1) is 26.7. The van der Waals surface area contributed by atoms with Crippen LogP contribution in [0, 0.1) is 5.92 Å². The molecule has 1 aliphatic carbocycles. The van der Waals surface area contributed by atoms with Gasteiger partial charge in [0, 0.05) is 70.7 Å². The Morgan fingerprint density at radius 1 is 0.727 bits per heavy atom. The van der Waals surface area contributed by atoms with Crippen molar-refractivity contribution in [2.24, 2.45) is 5.92 Å². The summed E-state index contributed by atoms with van der Waals surface area (Å²) in [4.78, 5) is 46.2. The van der Waals surface area contributed by atoms with Gasteiger partial charge in [-0.2, -0.15) is 0 Å². The van der Waals surface area contributed by atoms with Gasteiger partial charge in [0.15, 0.2) is 5.78 Å². The predicted octanol–water partition coefficient (Wildman–Crippen LogP) is 7.49. The fourth-order valence-electron chi connectivity index (χ4n) is 8.68. The first-order valence-electron chi connectivity index (χ1n) is 20.1. The van der Waals surface area contributed by atoms with Gasteiger partial charge in [0.1, 0.15) is 11.5 Å². The number of piperidine rings is 1. The van der Waals surface area contributed by atoms with Crippen molar-refractivity contribution < 1.29 is 19.5 Å². The van der Waals surface area contributed by atoms with Crippen LogP contribution in [-0.2, 0) is 20.8 Å². The summed E-state index contributed by atoms with van der Waals surface area (Å²) in [6.45, 7) is 9.42. The van der Waals surface area contributed by atoms with Crippen LogP contribution in [0.3, 0.4) is 0 Å². The molecule has 8 heteroatoms. The third-order valence-corrected chi connectivity index (χ3v) is 11.9. The van der Waals surface area contributed by atoms with Crippen LogP contribution in [0.1, 0.15) is 67.7 Å². The molecule has 55 heavy (non-hydrogen) atoms. The number of ketones is 2. The summed E-state index contributed by atoms with van der Waals surface area (Å²) in [7, 11) is 1.69. The van der Waals surface area contributed by atoms with Crippen LogP contribution in [-0.4, -0.2) is 91.3 Å². The third-order valence-electron chi connectivity index (χ3n) is 11.9. The van der Waals surface area contributed by atoms with Gasteiger partial charge in [-0.1, -0.05) is 73.7 Å². The van der Waals surface area contributed by atoms with Crippen molar-refractivity contribution in [1.82, 2.24) is 9.80 Å². The van der Waals surface area contributed by atoms with E-state index in [9.17, 15) is 19.5 Å². The Balaban J connectivity index is 0.907. The number of likely N-dealkylation sites (N-methyl/N-ethyl adjacent to an activating group) is 1. The maximum absolute atomic E-state index is 13.1. The molecule has 1 unspecified atom stereocenters. The maximum atomic E-state index is 13.1. The van der Waals surface area contributed by atoms with E-state index >= 15 is 0 Å². The molecular weight excluding hydrogens is 685 g/mol. The average Bonchev–Trinajstić information content (AvgIpc) is 3.21. The van der Waals surface area contributed by atoms with E-state index in [1.54, 1.807) is 24.1 Å². The van der Waals surface area contributed by atoms with Crippen molar-refractivity contribution in [2.75, 3.05) is 62.7 Å². The van der Waals surface area contributed by atoms with Crippen molar-refractivity contribution in [3.05, 3.63) is 125 Å². The monoisotopic (exact) mass is 738 g/mol. The largest absolute Gasteiger partial charge is 0.508 e. The minimum Gasteiger partial charge on any atom is -0.508 e. The maximum Gasteiger partial charge on any atom is 0.227 e. The van der Waals surface area contributed by atoms with Crippen LogP contribution in [0.2, 0.25) is 0 Å². The number of Topliss-reactive ketones (excluding diaryl/α,β-unsaturated/α-hetero) is 2. The SMILES string of the molecule is CC/C(=C(\c1ccc(O)cc1)c1ccc(N2CCC(CN3CCN(c4cccc(CC(=O)N(C)C5CCC(=O)CC5=O)c4)CC3)CC2)cc1)c1ccccc1. The molecule has 1 atom stereocenters. The topological polar surface area (TPSA) is 84.4 Å². The number of anilines is 2. The molecule has 1 amide bonds. The molecule has 0 bridgehead atoms. The van der Waals surface area contributed by atoms with Gasteiger partial charge < -0.3 is 19.8 Å². The van der Waals surface area contributed by atoms with E-state index in [1.165, 1.54) is 40.8 Å². The van der Waals surface area contributed by atoms with Gasteiger partial charge >= 0.3 is 0 Å². The van der Waals surface area contributed by atoms with Crippen LogP contribution < -0.4 is 9.80 Å². The first kappa shape index (κ1) is 38.1. The molecule has 4 aromatic carbocycles. The molecule has 8 nitrogen and oxygen atoms in total. The Hall–Kier alpha value is -5.21. The summed E-state index contributed by atoms with van der Waals surface area (Å²) in [5.74, 6) is 0.701. The summed E-state index contributed by atoms with van der Waals surface area (Å²) < 4.78 is 0. The molecule has 1 N–H and O–H groups in total. The van der Waals surface area contributed by atoms with Gasteiger partial charge in [0.2, 0.25) is 5.91 Å². The fraction of sp³-hybridized carbons (Fsp3) is 0.383. The number of carbonyl (C=O) groups is 3. The number of hydrogen-bond acceptors (Lipinski definition) is 7. The fourth-order valence-corrected chi connectivity index (χ4v) is 8.68. The lowest BCUT2D eigenvalue weighted by Crippen LogP contribution is -2.49. The Kier molecular flexibility index (Phi) is 12.1. The van der Waals surface area contributed by atoms with E-state index in [1.807, 2.05) is 24.3 Å². The highest BCUT2D eigenvalue weighted by molar-refractivity contribution is 6.05. The second-order valence-electron chi connectivity index (χ2n) is 15.5. The zero-order valence-corrected chi connectivity index (χ0v) is 32.3. The predicted molar refractivity (Wildman–Crippen MR) is 221 cm³/mol. The third kappa shape index (κ3) is 9.19. The van der Waals surface area contributed by atoms with Gasteiger partial charge in [-0.05, 0) is 101 Å². The van der Waals surface area contributed by atoms with Crippen molar-refractivity contribution in [3.63, 3.8) is 0 Å². The number of phenolic OH excluding ortho intramolecular Hbond substituents is 1. The standard InChI is InChI=1S/C47H54N4O4/c1-3-43(36-9-5-4-6-10-36)47(38-14-18-41(52)19-15-38)37-12-16-39(17-13-37)50-24-22-34(23-25-50)33-49-26-28-51(29-27-49)40-11-7-8-35(30-40)31-46(55)48(2)44-21-20-42(53)32-45(44)54/h4-19,30,34,44,52H,3,20-29,31-33H2,1-2H3/b47-43+. The second kappa shape index (κ2) is 17.5. The molecule has 4 aromatic rings. The molecule has 3 fully saturated rings. The Labute approximate surface area is 326 Å². The number of piperazine rings is 1. The quantitative estimate of drug-likeness (QED) is 0.126. The number of carbonyl (C=O) groups excluding carboxylic acids is 3. The number of rotatable bonds is 11. The van der Waals surface area contributed by atoms with Crippen LogP contribution in [0.25, 0.3) is 11.1 Å². The summed E-state index contributed by atoms with van der Waals surface area (Å²) in [5.41, 5.74) is 9.37. The highest BCUT2D eigenvalue weighted by Gasteiger charge is 2.32. The number of phenols is 1. The Morgan fingerprint density at radius 3 is 2.04 bits per heavy atom. The van der Waals surface area contributed by atoms with Crippen LogP contribution in [0.5, 0.6) is 5.75 Å². The molecule has 0 aromatic heterocycles. The van der Waals surface area contributed by atoms with Crippen molar-refractivity contribution in [3.8, 4) is 5.75 Å². The van der Waals surface area contributed by atoms with Crippen molar-refractivity contribution in [2.45, 2.75) is 57.9 Å². The molecule has 0 radical (unpaired) electrons. The summed E-state index contributed by atoms with van der Waals surface area (Å²) in [6.07, 6.45) is 4.24. The zero-order chi connectivity index (χ0) is 38.3. The highest BCUT2D eigenvalue weighted by Crippen LogP contribution is 2.36. The van der Waals surface area contributed by atoms with E-state index in [0.29, 0.717) is 18.8 Å². The van der Waals surface area contributed by atoms with Crippen molar-refractivity contribution in [1.29, 1.82) is 0 Å². The summed E-state index contributed by atoms with van der Waals surface area (Å²) in [6, 6.07) is 35.0. The van der Waals surface area contributed by atoms with Gasteiger partial charge in [0.25, 0.3) is 0 Å². The van der Waals surface area contributed by atoms with Gasteiger partial charge in [-0.25, -0.2) is 0 Å². The lowest BCUT2D eigenvalue weighted by molar-refractivity contribution is -0.141. The highest BCUT2D eigenvalue weighted by atomic mass is 16.3. The Bertz CT molecular complexity index is 1980. The molecular formula is C47H54N4O4. The molecule has 2 saturated heterocycles. The molecule has 2 heterocycles. The average molecular weight is 739 g/mol. The van der Waals surface area contributed by atoms with Crippen LogP contribution in [0.15, 0.2) is 103 Å². The second-order valence-corrected chi connectivity index (χ2v) is 15.5. The van der Waals surface area contributed by atoms with Crippen molar-refractivity contribution >= 4 is 40.0 Å². The number of allylic oxidation sites excluding steroid dienone is 1. The van der Waals surface area contributed by atoms with Gasteiger partial charge in [-0.3, -0.25) is 19.3 Å². The van der Waals surface area contributed by atoms with E-state index in [-0.39, 0.29) is 36.1 Å². The normalized spacial score (nSPS) is 19.0.